The Morgan fingerprint density at radius 2 is 1.88 bits per heavy atom. The minimum absolute atomic E-state index is 0.0592. The van der Waals surface area contributed by atoms with E-state index in [0.717, 1.165) is 20.6 Å². The minimum Gasteiger partial charge on any atom is -0.330 e. The Morgan fingerprint density at radius 1 is 1.08 bits per heavy atom. The van der Waals surface area contributed by atoms with Gasteiger partial charge in [0.05, 0.1) is 5.75 Å². The molecule has 5 nitrogen and oxygen atoms in total. The van der Waals surface area contributed by atoms with Crippen molar-refractivity contribution < 1.29 is 4.79 Å². The van der Waals surface area contributed by atoms with Gasteiger partial charge in [0.2, 0.25) is 11.0 Å². The molecule has 0 saturated carbocycles. The molecule has 1 amide bonds. The first-order valence-electron chi connectivity index (χ1n) is 7.45. The van der Waals surface area contributed by atoms with E-state index < -0.39 is 0 Å². The van der Waals surface area contributed by atoms with E-state index >= 15 is 0 Å². The first kappa shape index (κ1) is 17.8. The van der Waals surface area contributed by atoms with Gasteiger partial charge in [0.25, 0.3) is 0 Å². The number of para-hydroxylation sites is 1. The molecule has 0 radical (unpaired) electrons. The summed E-state index contributed by atoms with van der Waals surface area (Å²) in [6.07, 6.45) is 2.01. The Bertz CT molecular complexity index is 839. The molecule has 1 heterocycles. The Morgan fingerprint density at radius 3 is 2.68 bits per heavy atom. The summed E-state index contributed by atoms with van der Waals surface area (Å²) in [7, 11) is 0. The predicted molar refractivity (Wildman–Crippen MR) is 107 cm³/mol. The van der Waals surface area contributed by atoms with Crippen LogP contribution in [0.25, 0.3) is 0 Å². The first-order valence-corrected chi connectivity index (χ1v) is 10.5. The second-order valence-corrected chi connectivity index (χ2v) is 8.01. The zero-order chi connectivity index (χ0) is 17.5. The van der Waals surface area contributed by atoms with Crippen LogP contribution in [-0.4, -0.2) is 28.1 Å². The number of amides is 1. The van der Waals surface area contributed by atoms with Gasteiger partial charge in [-0.3, -0.25) is 4.79 Å². The molecular weight excluding hydrogens is 372 g/mol. The Kier molecular flexibility index (Phi) is 6.32. The van der Waals surface area contributed by atoms with Gasteiger partial charge in [-0.05, 0) is 36.6 Å². The van der Waals surface area contributed by atoms with Gasteiger partial charge in [0.1, 0.15) is 0 Å². The summed E-state index contributed by atoms with van der Waals surface area (Å²) >= 11 is 4.45. The van der Waals surface area contributed by atoms with Crippen LogP contribution in [0.5, 0.6) is 0 Å². The van der Waals surface area contributed by atoms with Crippen molar-refractivity contribution in [3.05, 3.63) is 54.6 Å². The molecular formula is C17H16N4OS3. The minimum atomic E-state index is -0.0592. The van der Waals surface area contributed by atoms with Gasteiger partial charge in [-0.25, -0.2) is 0 Å². The summed E-state index contributed by atoms with van der Waals surface area (Å²) in [6.45, 7) is 0. The van der Waals surface area contributed by atoms with Crippen molar-refractivity contribution in [2.45, 2.75) is 9.24 Å². The van der Waals surface area contributed by atoms with Crippen LogP contribution in [0, 0.1) is 0 Å². The van der Waals surface area contributed by atoms with Crippen molar-refractivity contribution in [1.29, 1.82) is 0 Å². The molecule has 1 aromatic heterocycles. The molecule has 0 spiro atoms. The fourth-order valence-electron chi connectivity index (χ4n) is 1.99. The predicted octanol–water partition coefficient (Wildman–Crippen LogP) is 4.73. The highest BCUT2D eigenvalue weighted by Gasteiger charge is 2.09. The smallest absolute Gasteiger partial charge is 0.234 e. The molecule has 8 heteroatoms. The number of carbonyl (C=O) groups excluding carboxylic acids is 1. The van der Waals surface area contributed by atoms with Crippen LogP contribution in [0.15, 0.2) is 63.8 Å². The van der Waals surface area contributed by atoms with Crippen LogP contribution >= 0.6 is 34.9 Å². The molecule has 0 fully saturated rings. The Labute approximate surface area is 158 Å². The fourth-order valence-corrected chi connectivity index (χ4v) is 4.02. The van der Waals surface area contributed by atoms with Crippen molar-refractivity contribution >= 4 is 57.3 Å². The lowest BCUT2D eigenvalue weighted by Crippen LogP contribution is -2.13. The van der Waals surface area contributed by atoms with E-state index in [4.69, 9.17) is 0 Å². The number of carbonyl (C=O) groups is 1. The average Bonchev–Trinajstić information content (AvgIpc) is 3.08. The number of benzene rings is 2. The number of rotatable bonds is 7. The lowest BCUT2D eigenvalue weighted by Gasteiger charge is -2.05. The van der Waals surface area contributed by atoms with Crippen LogP contribution in [0.2, 0.25) is 0 Å². The molecule has 0 unspecified atom stereocenters. The van der Waals surface area contributed by atoms with E-state index in [1.54, 1.807) is 11.8 Å². The van der Waals surface area contributed by atoms with E-state index in [-0.39, 0.29) is 5.91 Å². The van der Waals surface area contributed by atoms with Gasteiger partial charge in [0, 0.05) is 16.3 Å². The molecule has 3 aromatic rings. The summed E-state index contributed by atoms with van der Waals surface area (Å²) in [6, 6.07) is 17.6. The number of nitrogens with one attached hydrogen (secondary N) is 2. The molecule has 0 aliphatic heterocycles. The molecule has 0 atom stereocenters. The maximum atomic E-state index is 12.1. The Hall–Kier alpha value is -2.03. The summed E-state index contributed by atoms with van der Waals surface area (Å²) in [5.74, 6) is 0.236. The monoisotopic (exact) mass is 388 g/mol. The maximum Gasteiger partial charge on any atom is 0.234 e. The molecule has 2 N–H and O–H groups in total. The second kappa shape index (κ2) is 8.89. The number of aromatic nitrogens is 2. The quantitative estimate of drug-likeness (QED) is 0.570. The van der Waals surface area contributed by atoms with Crippen LogP contribution in [0.3, 0.4) is 0 Å². The lowest BCUT2D eigenvalue weighted by molar-refractivity contribution is -0.113. The van der Waals surface area contributed by atoms with E-state index in [0.29, 0.717) is 10.9 Å². The van der Waals surface area contributed by atoms with Crippen LogP contribution in [0.4, 0.5) is 16.5 Å². The maximum absolute atomic E-state index is 12.1. The summed E-state index contributed by atoms with van der Waals surface area (Å²) in [5, 5.41) is 15.0. The van der Waals surface area contributed by atoms with Crippen molar-refractivity contribution in [3.63, 3.8) is 0 Å². The molecule has 0 aliphatic carbocycles. The van der Waals surface area contributed by atoms with Gasteiger partial charge < -0.3 is 10.6 Å². The standard InChI is InChI=1S/C17H16N4OS3/c1-23-14-9-5-8-13(10-14)18-15(22)11-24-17-21-20-16(25-17)19-12-6-3-2-4-7-12/h2-10H,11H2,1H3,(H,18,22)(H,19,20). The summed E-state index contributed by atoms with van der Waals surface area (Å²) < 4.78 is 0.756. The lowest BCUT2D eigenvalue weighted by atomic mass is 10.3. The van der Waals surface area contributed by atoms with Crippen molar-refractivity contribution in [1.82, 2.24) is 10.2 Å². The average molecular weight is 389 g/mol. The van der Waals surface area contributed by atoms with Gasteiger partial charge in [-0.2, -0.15) is 0 Å². The molecule has 0 saturated heterocycles. The first-order chi connectivity index (χ1) is 12.2. The van der Waals surface area contributed by atoms with E-state index in [1.807, 2.05) is 60.9 Å². The molecule has 25 heavy (non-hydrogen) atoms. The number of hydrogen-bond acceptors (Lipinski definition) is 7. The normalized spacial score (nSPS) is 10.4. The third-order valence-electron chi connectivity index (χ3n) is 3.11. The number of hydrogen-bond donors (Lipinski definition) is 2. The number of thioether (sulfide) groups is 2. The van der Waals surface area contributed by atoms with E-state index in [2.05, 4.69) is 20.8 Å². The zero-order valence-corrected chi connectivity index (χ0v) is 15.9. The van der Waals surface area contributed by atoms with Crippen molar-refractivity contribution in [3.8, 4) is 0 Å². The van der Waals surface area contributed by atoms with Crippen molar-refractivity contribution in [2.75, 3.05) is 22.6 Å². The SMILES string of the molecule is CSc1cccc(NC(=O)CSc2nnc(Nc3ccccc3)s2)c1. The van der Waals surface area contributed by atoms with E-state index in [9.17, 15) is 4.79 Å². The molecule has 3 rings (SSSR count). The zero-order valence-electron chi connectivity index (χ0n) is 13.4. The van der Waals surface area contributed by atoms with E-state index in [1.165, 1.54) is 23.1 Å². The molecule has 0 aliphatic rings. The van der Waals surface area contributed by atoms with Gasteiger partial charge in [-0.1, -0.05) is 47.4 Å². The molecule has 128 valence electrons. The van der Waals surface area contributed by atoms with Gasteiger partial charge >= 0.3 is 0 Å². The summed E-state index contributed by atoms with van der Waals surface area (Å²) in [5.41, 5.74) is 1.77. The Balaban J connectivity index is 1.50. The van der Waals surface area contributed by atoms with Gasteiger partial charge in [0.15, 0.2) is 4.34 Å². The highest BCUT2D eigenvalue weighted by atomic mass is 32.2. The molecule has 0 bridgehead atoms. The highest BCUT2D eigenvalue weighted by Crippen LogP contribution is 2.27. The van der Waals surface area contributed by atoms with Crippen LogP contribution < -0.4 is 10.6 Å². The highest BCUT2D eigenvalue weighted by molar-refractivity contribution is 8.01. The fraction of sp³-hybridized carbons (Fsp3) is 0.118. The second-order valence-electron chi connectivity index (χ2n) is 4.93. The van der Waals surface area contributed by atoms with Crippen molar-refractivity contribution in [2.24, 2.45) is 0 Å². The van der Waals surface area contributed by atoms with Crippen LogP contribution in [-0.2, 0) is 4.79 Å². The third-order valence-corrected chi connectivity index (χ3v) is 5.81. The third kappa shape index (κ3) is 5.48. The number of nitrogens with zero attached hydrogens (tertiary/aromatic N) is 2. The summed E-state index contributed by atoms with van der Waals surface area (Å²) in [4.78, 5) is 13.2. The topological polar surface area (TPSA) is 66.9 Å². The van der Waals surface area contributed by atoms with Crippen LogP contribution in [0.1, 0.15) is 0 Å². The van der Waals surface area contributed by atoms with Gasteiger partial charge in [-0.15, -0.1) is 22.0 Å². The molecule has 2 aromatic carbocycles. The largest absolute Gasteiger partial charge is 0.330 e. The number of anilines is 3.